The Morgan fingerprint density at radius 3 is 1.62 bits per heavy atom. The summed E-state index contributed by atoms with van der Waals surface area (Å²) in [6, 6.07) is 0. The molecule has 0 aliphatic carbocycles. The summed E-state index contributed by atoms with van der Waals surface area (Å²) < 4.78 is 0. The summed E-state index contributed by atoms with van der Waals surface area (Å²) in [5, 5.41) is 16.7. The van der Waals surface area contributed by atoms with Gasteiger partial charge in [-0.3, -0.25) is 9.59 Å². The molecule has 13 heavy (non-hydrogen) atoms. The van der Waals surface area contributed by atoms with Crippen LogP contribution >= 0.6 is 0 Å². The highest BCUT2D eigenvalue weighted by Gasteiger charge is 2.13. The van der Waals surface area contributed by atoms with Gasteiger partial charge in [-0.15, -0.1) is 0 Å². The molecule has 0 amide bonds. The minimum Gasteiger partial charge on any atom is -0.481 e. The van der Waals surface area contributed by atoms with Crippen LogP contribution in [0.25, 0.3) is 0 Å². The molecule has 0 unspecified atom stereocenters. The smallest absolute Gasteiger partial charge is 0.303 e. The van der Waals surface area contributed by atoms with Crippen LogP contribution in [0.15, 0.2) is 0 Å². The number of carboxylic acids is 1. The van der Waals surface area contributed by atoms with Crippen LogP contribution in [0.2, 0.25) is 0 Å². The van der Waals surface area contributed by atoms with Crippen molar-refractivity contribution in [2.75, 3.05) is 0 Å². The standard InChI is InChI=1S/C6H12O2.C3H6O2/c1-5(7)4-6(2,3)8;1-2-3(4)5/h8H,4H2,1-3H3;2H2,1H3,(H,4,5). The first-order valence-corrected chi connectivity index (χ1v) is 4.12. The van der Waals surface area contributed by atoms with Crippen molar-refractivity contribution in [3.63, 3.8) is 0 Å². The van der Waals surface area contributed by atoms with Crippen molar-refractivity contribution >= 4 is 11.8 Å². The lowest BCUT2D eigenvalue weighted by molar-refractivity contribution is -0.136. The minimum absolute atomic E-state index is 0.0255. The topological polar surface area (TPSA) is 74.6 Å². The monoisotopic (exact) mass is 190 g/mol. The van der Waals surface area contributed by atoms with Crippen molar-refractivity contribution in [3.8, 4) is 0 Å². The maximum atomic E-state index is 10.3. The zero-order chi connectivity index (χ0) is 11.1. The zero-order valence-corrected chi connectivity index (χ0v) is 8.63. The normalized spacial score (nSPS) is 9.92. The maximum Gasteiger partial charge on any atom is 0.303 e. The largest absolute Gasteiger partial charge is 0.481 e. The van der Waals surface area contributed by atoms with Gasteiger partial charge in [0.15, 0.2) is 0 Å². The van der Waals surface area contributed by atoms with E-state index in [1.54, 1.807) is 20.8 Å². The molecule has 0 aliphatic rings. The predicted octanol–water partition coefficient (Wildman–Crippen LogP) is 1.22. The lowest BCUT2D eigenvalue weighted by Crippen LogP contribution is -2.21. The summed E-state index contributed by atoms with van der Waals surface area (Å²) in [5.74, 6) is -0.720. The van der Waals surface area contributed by atoms with Crippen molar-refractivity contribution in [3.05, 3.63) is 0 Å². The zero-order valence-electron chi connectivity index (χ0n) is 8.63. The fraction of sp³-hybridized carbons (Fsp3) is 0.778. The van der Waals surface area contributed by atoms with Crippen LogP contribution in [0, 0.1) is 0 Å². The first kappa shape index (κ1) is 14.6. The van der Waals surface area contributed by atoms with E-state index in [-0.39, 0.29) is 18.6 Å². The molecular formula is C9H18O4. The van der Waals surface area contributed by atoms with E-state index in [9.17, 15) is 9.59 Å². The number of carbonyl (C=O) groups excluding carboxylic acids is 1. The van der Waals surface area contributed by atoms with Crippen LogP contribution in [0.1, 0.15) is 40.5 Å². The summed E-state index contributed by atoms with van der Waals surface area (Å²) in [4.78, 5) is 19.7. The van der Waals surface area contributed by atoms with Crippen molar-refractivity contribution < 1.29 is 19.8 Å². The predicted molar refractivity (Wildman–Crippen MR) is 49.5 cm³/mol. The first-order valence-electron chi connectivity index (χ1n) is 4.12. The molecule has 0 bridgehead atoms. The van der Waals surface area contributed by atoms with Gasteiger partial charge < -0.3 is 10.2 Å². The van der Waals surface area contributed by atoms with Crippen LogP contribution in [-0.4, -0.2) is 27.6 Å². The van der Waals surface area contributed by atoms with Gasteiger partial charge in [-0.05, 0) is 20.8 Å². The highest BCUT2D eigenvalue weighted by molar-refractivity contribution is 5.76. The Bertz CT molecular complexity index is 167. The van der Waals surface area contributed by atoms with Crippen molar-refractivity contribution in [1.29, 1.82) is 0 Å². The Kier molecular flexibility index (Phi) is 7.42. The van der Waals surface area contributed by atoms with Gasteiger partial charge >= 0.3 is 5.97 Å². The first-order chi connectivity index (χ1) is 5.69. The number of carbonyl (C=O) groups is 2. The molecule has 0 spiro atoms. The Balaban J connectivity index is 0. The number of Topliss-reactive ketones (excluding diaryl/α,β-unsaturated/α-hetero) is 1. The summed E-state index contributed by atoms with van der Waals surface area (Å²) in [5.41, 5.74) is -0.828. The molecule has 0 fully saturated rings. The van der Waals surface area contributed by atoms with Gasteiger partial charge in [0, 0.05) is 12.8 Å². The van der Waals surface area contributed by atoms with Gasteiger partial charge in [0.05, 0.1) is 5.60 Å². The van der Waals surface area contributed by atoms with Crippen LogP contribution in [0.4, 0.5) is 0 Å². The average Bonchev–Trinajstić information content (AvgIpc) is 1.83. The van der Waals surface area contributed by atoms with Crippen molar-refractivity contribution in [2.24, 2.45) is 0 Å². The third-order valence-corrected chi connectivity index (χ3v) is 0.984. The molecule has 0 saturated heterocycles. The number of hydrogen-bond acceptors (Lipinski definition) is 3. The van der Waals surface area contributed by atoms with Gasteiger partial charge in [-0.2, -0.15) is 0 Å². The van der Waals surface area contributed by atoms with E-state index in [1.807, 2.05) is 0 Å². The van der Waals surface area contributed by atoms with E-state index >= 15 is 0 Å². The Morgan fingerprint density at radius 2 is 1.62 bits per heavy atom. The summed E-state index contributed by atoms with van der Waals surface area (Å²) >= 11 is 0. The average molecular weight is 190 g/mol. The second kappa shape index (κ2) is 6.60. The molecule has 0 aromatic rings. The minimum atomic E-state index is -0.828. The lowest BCUT2D eigenvalue weighted by Gasteiger charge is -2.13. The molecule has 4 nitrogen and oxygen atoms in total. The number of aliphatic carboxylic acids is 1. The maximum absolute atomic E-state index is 10.3. The van der Waals surface area contributed by atoms with E-state index in [4.69, 9.17) is 10.2 Å². The fourth-order valence-electron chi connectivity index (χ4n) is 0.609. The van der Waals surface area contributed by atoms with Gasteiger partial charge in [0.1, 0.15) is 5.78 Å². The summed E-state index contributed by atoms with van der Waals surface area (Å²) in [6.07, 6.45) is 0.465. The number of aliphatic hydroxyl groups is 1. The van der Waals surface area contributed by atoms with E-state index in [0.717, 1.165) is 0 Å². The van der Waals surface area contributed by atoms with E-state index in [2.05, 4.69) is 0 Å². The van der Waals surface area contributed by atoms with Crippen molar-refractivity contribution in [2.45, 2.75) is 46.1 Å². The second-order valence-corrected chi connectivity index (χ2v) is 3.44. The fourth-order valence-corrected chi connectivity index (χ4v) is 0.609. The number of ketones is 1. The van der Waals surface area contributed by atoms with Crippen molar-refractivity contribution in [1.82, 2.24) is 0 Å². The highest BCUT2D eigenvalue weighted by Crippen LogP contribution is 2.06. The van der Waals surface area contributed by atoms with E-state index in [1.165, 1.54) is 6.92 Å². The molecule has 78 valence electrons. The molecule has 0 aromatic heterocycles. The molecule has 0 heterocycles. The molecule has 0 atom stereocenters. The summed E-state index contributed by atoms with van der Waals surface area (Å²) in [7, 11) is 0. The second-order valence-electron chi connectivity index (χ2n) is 3.44. The third kappa shape index (κ3) is 24.7. The Morgan fingerprint density at radius 1 is 1.31 bits per heavy atom. The van der Waals surface area contributed by atoms with Gasteiger partial charge in [0.25, 0.3) is 0 Å². The molecule has 0 saturated carbocycles. The molecule has 2 N–H and O–H groups in total. The number of hydrogen-bond donors (Lipinski definition) is 2. The Hall–Kier alpha value is -0.900. The lowest BCUT2D eigenvalue weighted by atomic mass is 10.0. The summed E-state index contributed by atoms with van der Waals surface area (Å²) in [6.45, 7) is 6.31. The molecular weight excluding hydrogens is 172 g/mol. The number of rotatable bonds is 3. The Labute approximate surface area is 78.6 Å². The van der Waals surface area contributed by atoms with Gasteiger partial charge in [0.2, 0.25) is 0 Å². The highest BCUT2D eigenvalue weighted by atomic mass is 16.4. The van der Waals surface area contributed by atoms with E-state index < -0.39 is 11.6 Å². The molecule has 0 aromatic carbocycles. The van der Waals surface area contributed by atoms with Gasteiger partial charge in [-0.25, -0.2) is 0 Å². The SMILES string of the molecule is CC(=O)CC(C)(C)O.CCC(=O)O. The van der Waals surface area contributed by atoms with Gasteiger partial charge in [-0.1, -0.05) is 6.92 Å². The quantitative estimate of drug-likeness (QED) is 0.701. The molecule has 0 radical (unpaired) electrons. The molecule has 4 heteroatoms. The molecule has 0 rings (SSSR count). The van der Waals surface area contributed by atoms with Crippen LogP contribution < -0.4 is 0 Å². The van der Waals surface area contributed by atoms with E-state index in [0.29, 0.717) is 0 Å². The number of carboxylic acid groups (broad SMARTS) is 1. The van der Waals surface area contributed by atoms with Crippen LogP contribution in [-0.2, 0) is 9.59 Å². The van der Waals surface area contributed by atoms with Crippen LogP contribution in [0.3, 0.4) is 0 Å². The third-order valence-electron chi connectivity index (χ3n) is 0.984. The molecule has 0 aliphatic heterocycles. The van der Waals surface area contributed by atoms with Crippen LogP contribution in [0.5, 0.6) is 0 Å².